The van der Waals surface area contributed by atoms with Crippen molar-refractivity contribution in [3.05, 3.63) is 0 Å². The van der Waals surface area contributed by atoms with Gasteiger partial charge in [-0.05, 0) is 30.1 Å². The van der Waals surface area contributed by atoms with E-state index in [1.54, 1.807) is 0 Å². The van der Waals surface area contributed by atoms with Crippen molar-refractivity contribution in [2.24, 2.45) is 17.3 Å². The highest BCUT2D eigenvalue weighted by molar-refractivity contribution is 5.81. The molecule has 2 fully saturated rings. The molecule has 11 heavy (non-hydrogen) atoms. The lowest BCUT2D eigenvalue weighted by atomic mass is 9.89. The second-order valence-electron chi connectivity index (χ2n) is 5.04. The van der Waals surface area contributed by atoms with Crippen molar-refractivity contribution in [1.82, 2.24) is 0 Å². The molecule has 0 aromatic rings. The molecular formula is C10H16O. The van der Waals surface area contributed by atoms with Crippen molar-refractivity contribution in [3.8, 4) is 0 Å². The summed E-state index contributed by atoms with van der Waals surface area (Å²) in [4.78, 5) is 11.1. The molecule has 0 aliphatic heterocycles. The van der Waals surface area contributed by atoms with Gasteiger partial charge in [-0.25, -0.2) is 0 Å². The summed E-state index contributed by atoms with van der Waals surface area (Å²) in [5, 5.41) is 0. The van der Waals surface area contributed by atoms with E-state index in [2.05, 4.69) is 13.8 Å². The average molecular weight is 152 g/mol. The zero-order valence-electron chi connectivity index (χ0n) is 7.39. The van der Waals surface area contributed by atoms with Gasteiger partial charge in [-0.1, -0.05) is 13.8 Å². The summed E-state index contributed by atoms with van der Waals surface area (Å²) in [6.07, 6.45) is 4.33. The molecule has 0 saturated heterocycles. The van der Waals surface area contributed by atoms with Crippen LogP contribution < -0.4 is 0 Å². The van der Waals surface area contributed by atoms with Crippen molar-refractivity contribution in [3.63, 3.8) is 0 Å². The van der Waals surface area contributed by atoms with Crippen LogP contribution in [0, 0.1) is 17.3 Å². The maximum atomic E-state index is 11.1. The van der Waals surface area contributed by atoms with Crippen LogP contribution in [-0.4, -0.2) is 5.78 Å². The standard InChI is InChI=1S/C10H16O/c1-10(2)5-7-3-9(11)4-8(7)6-10/h7-8H,3-6H2,1-2H3/t7-,8+. The topological polar surface area (TPSA) is 17.1 Å². The molecule has 1 nitrogen and oxygen atoms in total. The van der Waals surface area contributed by atoms with E-state index in [-0.39, 0.29) is 0 Å². The minimum atomic E-state index is 0.510. The van der Waals surface area contributed by atoms with Crippen LogP contribution in [-0.2, 0) is 4.79 Å². The van der Waals surface area contributed by atoms with Crippen LogP contribution in [0.1, 0.15) is 39.5 Å². The Morgan fingerprint density at radius 1 is 1.18 bits per heavy atom. The van der Waals surface area contributed by atoms with Gasteiger partial charge in [0.2, 0.25) is 0 Å². The molecule has 0 aromatic carbocycles. The molecule has 0 bridgehead atoms. The first kappa shape index (κ1) is 7.33. The van der Waals surface area contributed by atoms with Crippen LogP contribution in [0.2, 0.25) is 0 Å². The van der Waals surface area contributed by atoms with Gasteiger partial charge in [-0.2, -0.15) is 0 Å². The Morgan fingerprint density at radius 2 is 1.64 bits per heavy atom. The molecule has 0 unspecified atom stereocenters. The van der Waals surface area contributed by atoms with E-state index in [4.69, 9.17) is 0 Å². The van der Waals surface area contributed by atoms with E-state index >= 15 is 0 Å². The van der Waals surface area contributed by atoms with E-state index in [9.17, 15) is 4.79 Å². The molecule has 0 aromatic heterocycles. The monoisotopic (exact) mass is 152 g/mol. The van der Waals surface area contributed by atoms with Crippen molar-refractivity contribution >= 4 is 5.78 Å². The van der Waals surface area contributed by atoms with Gasteiger partial charge in [-0.3, -0.25) is 4.79 Å². The minimum absolute atomic E-state index is 0.510. The minimum Gasteiger partial charge on any atom is -0.300 e. The first-order valence-corrected chi connectivity index (χ1v) is 4.58. The Balaban J connectivity index is 2.09. The Bertz CT molecular complexity index is 175. The largest absolute Gasteiger partial charge is 0.300 e. The van der Waals surface area contributed by atoms with E-state index in [0.29, 0.717) is 11.2 Å². The SMILES string of the molecule is CC1(C)C[C@H]2CC(=O)C[C@H]2C1. The van der Waals surface area contributed by atoms with E-state index in [1.165, 1.54) is 12.8 Å². The molecular weight excluding hydrogens is 136 g/mol. The van der Waals surface area contributed by atoms with Crippen molar-refractivity contribution in [1.29, 1.82) is 0 Å². The molecule has 1 heteroatoms. The molecule has 0 heterocycles. The molecule has 0 spiro atoms. The Kier molecular flexibility index (Phi) is 1.39. The third-order valence-corrected chi connectivity index (χ3v) is 3.28. The summed E-state index contributed by atoms with van der Waals surface area (Å²) < 4.78 is 0. The van der Waals surface area contributed by atoms with Crippen LogP contribution >= 0.6 is 0 Å². The molecule has 0 amide bonds. The number of fused-ring (bicyclic) bond motifs is 1. The Labute approximate surface area is 68.2 Å². The molecule has 2 atom stereocenters. The van der Waals surface area contributed by atoms with Crippen molar-refractivity contribution in [2.75, 3.05) is 0 Å². The van der Waals surface area contributed by atoms with Gasteiger partial charge >= 0.3 is 0 Å². The molecule has 2 aliphatic carbocycles. The first-order valence-electron chi connectivity index (χ1n) is 4.58. The summed E-state index contributed by atoms with van der Waals surface area (Å²) in [5.41, 5.74) is 0.524. The third kappa shape index (κ3) is 1.21. The number of rotatable bonds is 0. The van der Waals surface area contributed by atoms with Gasteiger partial charge in [0.05, 0.1) is 0 Å². The first-order chi connectivity index (χ1) is 5.07. The fourth-order valence-corrected chi connectivity index (χ4v) is 2.98. The lowest BCUT2D eigenvalue weighted by Gasteiger charge is -2.17. The van der Waals surface area contributed by atoms with Gasteiger partial charge in [0.1, 0.15) is 5.78 Å². The second-order valence-corrected chi connectivity index (χ2v) is 5.04. The fraction of sp³-hybridized carbons (Fsp3) is 0.900. The maximum Gasteiger partial charge on any atom is 0.133 e. The molecule has 2 aliphatic rings. The number of hydrogen-bond donors (Lipinski definition) is 0. The number of ketones is 1. The predicted octanol–water partition coefficient (Wildman–Crippen LogP) is 2.40. The molecule has 0 radical (unpaired) electrons. The summed E-state index contributed by atoms with van der Waals surface area (Å²) in [7, 11) is 0. The van der Waals surface area contributed by atoms with Gasteiger partial charge in [0, 0.05) is 12.8 Å². The van der Waals surface area contributed by atoms with E-state index in [0.717, 1.165) is 24.7 Å². The van der Waals surface area contributed by atoms with Gasteiger partial charge in [0.25, 0.3) is 0 Å². The average Bonchev–Trinajstić information content (AvgIpc) is 2.17. The van der Waals surface area contributed by atoms with Crippen LogP contribution in [0.25, 0.3) is 0 Å². The quantitative estimate of drug-likeness (QED) is 0.521. The zero-order valence-corrected chi connectivity index (χ0v) is 7.39. The number of hydrogen-bond acceptors (Lipinski definition) is 1. The predicted molar refractivity (Wildman–Crippen MR) is 44.2 cm³/mol. The van der Waals surface area contributed by atoms with Crippen LogP contribution in [0.5, 0.6) is 0 Å². The highest BCUT2D eigenvalue weighted by Gasteiger charge is 2.44. The van der Waals surface area contributed by atoms with Crippen molar-refractivity contribution < 1.29 is 4.79 Å². The highest BCUT2D eigenvalue weighted by Crippen LogP contribution is 2.51. The van der Waals surface area contributed by atoms with E-state index in [1.807, 2.05) is 0 Å². The molecule has 62 valence electrons. The molecule has 2 saturated carbocycles. The second kappa shape index (κ2) is 2.09. The lowest BCUT2D eigenvalue weighted by Crippen LogP contribution is -2.07. The van der Waals surface area contributed by atoms with Gasteiger partial charge in [0.15, 0.2) is 0 Å². The third-order valence-electron chi connectivity index (χ3n) is 3.28. The maximum absolute atomic E-state index is 11.1. The van der Waals surface area contributed by atoms with Crippen LogP contribution in [0.4, 0.5) is 0 Å². The summed E-state index contributed by atoms with van der Waals surface area (Å²) >= 11 is 0. The summed E-state index contributed by atoms with van der Waals surface area (Å²) in [6.45, 7) is 4.66. The van der Waals surface area contributed by atoms with E-state index < -0.39 is 0 Å². The summed E-state index contributed by atoms with van der Waals surface area (Å²) in [6, 6.07) is 0. The van der Waals surface area contributed by atoms with Crippen molar-refractivity contribution in [2.45, 2.75) is 39.5 Å². The number of Topliss-reactive ketones (excluding diaryl/α,β-unsaturated/α-hetero) is 1. The Morgan fingerprint density at radius 3 is 2.09 bits per heavy atom. The number of carbonyl (C=O) groups is 1. The number of carbonyl (C=O) groups excluding carboxylic acids is 1. The molecule has 0 N–H and O–H groups in total. The summed E-state index contributed by atoms with van der Waals surface area (Å²) in [5.74, 6) is 2.01. The smallest absolute Gasteiger partial charge is 0.133 e. The van der Waals surface area contributed by atoms with Gasteiger partial charge < -0.3 is 0 Å². The normalized spacial score (nSPS) is 41.1. The lowest BCUT2D eigenvalue weighted by molar-refractivity contribution is -0.118. The zero-order chi connectivity index (χ0) is 8.06. The highest BCUT2D eigenvalue weighted by atomic mass is 16.1. The van der Waals surface area contributed by atoms with Crippen LogP contribution in [0.3, 0.4) is 0 Å². The fourth-order valence-electron chi connectivity index (χ4n) is 2.98. The van der Waals surface area contributed by atoms with Gasteiger partial charge in [-0.15, -0.1) is 0 Å². The Hall–Kier alpha value is -0.330. The van der Waals surface area contributed by atoms with Crippen LogP contribution in [0.15, 0.2) is 0 Å². The molecule has 2 rings (SSSR count).